The molecule has 2 fully saturated rings. The summed E-state index contributed by atoms with van der Waals surface area (Å²) in [5, 5.41) is 14.4. The maximum Gasteiger partial charge on any atom is 0.270 e. The number of hydrogen-bond acceptors (Lipinski definition) is 8. The number of anilines is 2. The molecule has 50 heavy (non-hydrogen) atoms. The van der Waals surface area contributed by atoms with E-state index >= 15 is 0 Å². The molecule has 0 spiro atoms. The van der Waals surface area contributed by atoms with Gasteiger partial charge < -0.3 is 20.4 Å². The molecule has 7 rings (SSSR count). The van der Waals surface area contributed by atoms with Crippen LogP contribution in [0, 0.1) is 10.1 Å². The molecule has 2 N–H and O–H groups in total. The number of nitro benzene ring substituents is 1. The largest absolute Gasteiger partial charge is 0.371 e. The molecule has 5 aromatic rings. The van der Waals surface area contributed by atoms with Crippen LogP contribution < -0.4 is 15.5 Å². The van der Waals surface area contributed by atoms with Crippen LogP contribution in [0.5, 0.6) is 0 Å². The van der Waals surface area contributed by atoms with Crippen molar-refractivity contribution in [1.29, 1.82) is 0 Å². The summed E-state index contributed by atoms with van der Waals surface area (Å²) in [7, 11) is 0. The Bertz CT molecular complexity index is 2140. The van der Waals surface area contributed by atoms with Gasteiger partial charge in [-0.3, -0.25) is 29.7 Å². The normalized spacial score (nSPS) is 18.4. The van der Waals surface area contributed by atoms with Crippen molar-refractivity contribution >= 4 is 85.5 Å². The van der Waals surface area contributed by atoms with Crippen LogP contribution in [-0.2, 0) is 4.79 Å². The van der Waals surface area contributed by atoms with Crippen molar-refractivity contribution < 1.29 is 14.5 Å². The highest BCUT2D eigenvalue weighted by Crippen LogP contribution is 2.37. The number of pyridine rings is 2. The number of primary amides is 1. The lowest BCUT2D eigenvalue weighted by atomic mass is 9.90. The zero-order chi connectivity index (χ0) is 35.1. The van der Waals surface area contributed by atoms with Gasteiger partial charge in [0.05, 0.1) is 26.5 Å². The fourth-order valence-corrected chi connectivity index (χ4v) is 8.03. The summed E-state index contributed by atoms with van der Waals surface area (Å²) >= 11 is 19.0. The second-order valence-corrected chi connectivity index (χ2v) is 13.9. The first kappa shape index (κ1) is 33.8. The third kappa shape index (κ3) is 6.48. The summed E-state index contributed by atoms with van der Waals surface area (Å²) in [5.74, 6) is -0.841. The molecule has 0 saturated carbocycles. The molecule has 0 radical (unpaired) electrons. The lowest BCUT2D eigenvalue weighted by molar-refractivity contribution is -0.384. The Morgan fingerprint density at radius 1 is 0.800 bits per heavy atom. The highest BCUT2D eigenvalue weighted by Gasteiger charge is 2.41. The number of rotatable bonds is 7. The number of amides is 2. The van der Waals surface area contributed by atoms with Crippen LogP contribution in [0.15, 0.2) is 79.1 Å². The summed E-state index contributed by atoms with van der Waals surface area (Å²) in [4.78, 5) is 53.6. The van der Waals surface area contributed by atoms with E-state index in [-0.39, 0.29) is 34.3 Å². The number of nitro groups is 1. The summed E-state index contributed by atoms with van der Waals surface area (Å²) in [5.41, 5.74) is 9.39. The number of piperidine rings is 2. The highest BCUT2D eigenvalue weighted by atomic mass is 35.5. The number of nitrogens with two attached hydrogens (primary N) is 1. The number of nitrogens with zero attached hydrogens (tertiary/aromatic N) is 6. The molecule has 4 heterocycles. The predicted octanol–water partition coefficient (Wildman–Crippen LogP) is 7.29. The zero-order valence-electron chi connectivity index (χ0n) is 26.7. The minimum absolute atomic E-state index is 0.000597. The van der Waals surface area contributed by atoms with Crippen LogP contribution in [0.3, 0.4) is 0 Å². The fraction of sp³-hybridized carbons (Fsp3) is 0.278. The van der Waals surface area contributed by atoms with E-state index in [1.54, 1.807) is 24.5 Å². The second kappa shape index (κ2) is 13.9. The lowest BCUT2D eigenvalue weighted by Gasteiger charge is -2.48. The quantitative estimate of drug-likeness (QED) is 0.136. The van der Waals surface area contributed by atoms with Crippen LogP contribution in [-0.4, -0.2) is 69.4 Å². The van der Waals surface area contributed by atoms with Crippen molar-refractivity contribution in [2.75, 3.05) is 29.4 Å². The number of benzene rings is 3. The smallest absolute Gasteiger partial charge is 0.270 e. The van der Waals surface area contributed by atoms with Gasteiger partial charge in [0.25, 0.3) is 11.6 Å². The Morgan fingerprint density at radius 3 is 2.00 bits per heavy atom. The van der Waals surface area contributed by atoms with E-state index in [1.807, 2.05) is 46.2 Å². The number of aromatic nitrogens is 2. The molecule has 2 unspecified atom stereocenters. The van der Waals surface area contributed by atoms with Crippen LogP contribution in [0.2, 0.25) is 15.1 Å². The Hall–Kier alpha value is -4.71. The maximum atomic E-state index is 14.5. The van der Waals surface area contributed by atoms with Gasteiger partial charge in [0.1, 0.15) is 6.04 Å². The minimum Gasteiger partial charge on any atom is -0.371 e. The molecule has 2 aromatic heterocycles. The van der Waals surface area contributed by atoms with E-state index < -0.39 is 16.9 Å². The molecule has 14 heteroatoms. The van der Waals surface area contributed by atoms with Crippen LogP contribution in [0.4, 0.5) is 17.1 Å². The molecule has 2 saturated heterocycles. The number of carbonyl (C=O) groups is 2. The molecule has 0 bridgehead atoms. The Labute approximate surface area is 302 Å². The number of fused-ring (bicyclic) bond motifs is 2. The van der Waals surface area contributed by atoms with Gasteiger partial charge in [-0.25, -0.2) is 0 Å². The second-order valence-electron chi connectivity index (χ2n) is 12.6. The Morgan fingerprint density at radius 2 is 1.40 bits per heavy atom. The van der Waals surface area contributed by atoms with E-state index in [4.69, 9.17) is 40.5 Å². The van der Waals surface area contributed by atoms with Gasteiger partial charge in [-0.15, -0.1) is 0 Å². The number of non-ortho nitro benzene ring substituents is 1. The van der Waals surface area contributed by atoms with Crippen LogP contribution in [0.25, 0.3) is 21.8 Å². The van der Waals surface area contributed by atoms with E-state index in [9.17, 15) is 19.7 Å². The van der Waals surface area contributed by atoms with Gasteiger partial charge in [0.15, 0.2) is 0 Å². The number of halogens is 3. The van der Waals surface area contributed by atoms with Gasteiger partial charge in [0, 0.05) is 88.4 Å². The molecule has 2 amide bonds. The maximum absolute atomic E-state index is 14.5. The molecular formula is C36H32Cl3N7O4. The molecule has 2 aliphatic rings. The molecule has 256 valence electrons. The number of carbonyl (C=O) groups excluding carboxylic acids is 2. The standard InChI is InChI=1S/C36H32Cl3N7O4/c37-21-1-4-27-30(17-21)41-12-7-32(27)43-14-9-23(10-15-43)45(36(48)26-6-3-25(46(49)50)19-29(26)39)24-11-16-44(34(20-24)35(40)47)33-8-13-42-31-18-22(38)2-5-28(31)33/h1-8,12-13,17-19,23-24,34H,9-11,14-16,20H2,(H2,40,47). The monoisotopic (exact) mass is 731 g/mol. The number of hydrogen-bond donors (Lipinski definition) is 1. The van der Waals surface area contributed by atoms with E-state index in [2.05, 4.69) is 14.9 Å². The highest BCUT2D eigenvalue weighted by molar-refractivity contribution is 6.34. The van der Waals surface area contributed by atoms with Crippen molar-refractivity contribution in [1.82, 2.24) is 14.9 Å². The van der Waals surface area contributed by atoms with Crippen molar-refractivity contribution in [3.05, 3.63) is 110 Å². The van der Waals surface area contributed by atoms with E-state index in [0.29, 0.717) is 60.9 Å². The first-order valence-corrected chi connectivity index (χ1v) is 17.4. The Kier molecular flexibility index (Phi) is 9.38. The topological polar surface area (TPSA) is 139 Å². The van der Waals surface area contributed by atoms with Crippen LogP contribution >= 0.6 is 34.8 Å². The molecule has 0 aliphatic carbocycles. The average Bonchev–Trinajstić information content (AvgIpc) is 3.11. The summed E-state index contributed by atoms with van der Waals surface area (Å²) in [6.45, 7) is 1.77. The van der Waals surface area contributed by atoms with Crippen molar-refractivity contribution in [2.45, 2.75) is 43.8 Å². The summed E-state index contributed by atoms with van der Waals surface area (Å²) in [6.07, 6.45) is 5.58. The SMILES string of the molecule is NC(=O)C1CC(N(C(=O)c2ccc([N+](=O)[O-])cc2Cl)C2CCN(c3ccnc4cc(Cl)ccc34)CC2)CCN1c1ccnc2cc(Cl)ccc12. The molecule has 2 aliphatic heterocycles. The van der Waals surface area contributed by atoms with Crippen LogP contribution in [0.1, 0.15) is 36.0 Å². The predicted molar refractivity (Wildman–Crippen MR) is 196 cm³/mol. The minimum atomic E-state index is -0.715. The molecule has 2 atom stereocenters. The summed E-state index contributed by atoms with van der Waals surface area (Å²) < 4.78 is 0. The van der Waals surface area contributed by atoms with Gasteiger partial charge in [0.2, 0.25) is 5.91 Å². The Balaban J connectivity index is 1.20. The lowest BCUT2D eigenvalue weighted by Crippen LogP contribution is -2.59. The van der Waals surface area contributed by atoms with Gasteiger partial charge >= 0.3 is 0 Å². The van der Waals surface area contributed by atoms with Crippen molar-refractivity contribution in [3.8, 4) is 0 Å². The van der Waals surface area contributed by atoms with E-state index in [0.717, 1.165) is 27.7 Å². The molecule has 3 aromatic carbocycles. The van der Waals surface area contributed by atoms with E-state index in [1.165, 1.54) is 18.2 Å². The van der Waals surface area contributed by atoms with Crippen molar-refractivity contribution in [3.63, 3.8) is 0 Å². The molecular weight excluding hydrogens is 701 g/mol. The third-order valence-electron chi connectivity index (χ3n) is 9.80. The van der Waals surface area contributed by atoms with Gasteiger partial charge in [-0.1, -0.05) is 34.8 Å². The van der Waals surface area contributed by atoms with Crippen molar-refractivity contribution in [2.24, 2.45) is 5.73 Å². The average molecular weight is 733 g/mol. The molecule has 11 nitrogen and oxygen atoms in total. The van der Waals surface area contributed by atoms with Gasteiger partial charge in [-0.2, -0.15) is 0 Å². The zero-order valence-corrected chi connectivity index (χ0v) is 29.0. The summed E-state index contributed by atoms with van der Waals surface area (Å²) in [6, 6.07) is 17.6. The third-order valence-corrected chi connectivity index (χ3v) is 10.6. The first-order valence-electron chi connectivity index (χ1n) is 16.2. The van der Waals surface area contributed by atoms with Gasteiger partial charge in [-0.05, 0) is 80.3 Å². The fourth-order valence-electron chi connectivity index (χ4n) is 7.44. The first-order chi connectivity index (χ1) is 24.1.